The van der Waals surface area contributed by atoms with Crippen molar-refractivity contribution in [1.29, 1.82) is 0 Å². The minimum atomic E-state index is -0.114. The van der Waals surface area contributed by atoms with Crippen molar-refractivity contribution in [2.75, 3.05) is 31.4 Å². The van der Waals surface area contributed by atoms with Gasteiger partial charge in [0.15, 0.2) is 11.0 Å². The van der Waals surface area contributed by atoms with E-state index in [4.69, 9.17) is 13.9 Å². The fraction of sp³-hybridized carbons (Fsp3) is 0.381. The molecule has 160 valence electrons. The van der Waals surface area contributed by atoms with Gasteiger partial charge in [0.05, 0.1) is 24.2 Å². The Hall–Kier alpha value is -2.78. The van der Waals surface area contributed by atoms with Crippen LogP contribution >= 0.6 is 11.8 Å². The fourth-order valence-electron chi connectivity index (χ4n) is 2.91. The standard InChI is InChI=1S/C21H26N4O4S/c1-4-28-17-8-6-16(7-9-17)22-19(26)14-30-21-24-23-20(18-10-13-29-15(18)2)25(21)11-5-12-27-3/h6-10,13H,4-5,11-12,14H2,1-3H3,(H,22,26). The smallest absolute Gasteiger partial charge is 0.234 e. The molecule has 0 radical (unpaired) electrons. The third-order valence-corrected chi connectivity index (χ3v) is 5.29. The zero-order valence-electron chi connectivity index (χ0n) is 17.4. The summed E-state index contributed by atoms with van der Waals surface area (Å²) in [4.78, 5) is 12.4. The maximum atomic E-state index is 12.4. The molecule has 9 heteroatoms. The molecule has 30 heavy (non-hydrogen) atoms. The number of benzene rings is 1. The van der Waals surface area contributed by atoms with Gasteiger partial charge in [0.25, 0.3) is 0 Å². The molecule has 0 saturated heterocycles. The van der Waals surface area contributed by atoms with Crippen LogP contribution in [0, 0.1) is 6.92 Å². The van der Waals surface area contributed by atoms with Gasteiger partial charge in [-0.1, -0.05) is 11.8 Å². The molecule has 3 rings (SSSR count). The predicted molar refractivity (Wildman–Crippen MR) is 116 cm³/mol. The average molecular weight is 431 g/mol. The van der Waals surface area contributed by atoms with Crippen LogP contribution in [0.1, 0.15) is 19.1 Å². The van der Waals surface area contributed by atoms with E-state index in [1.807, 2.05) is 48.7 Å². The molecule has 2 aromatic heterocycles. The largest absolute Gasteiger partial charge is 0.494 e. The first-order valence-electron chi connectivity index (χ1n) is 9.74. The van der Waals surface area contributed by atoms with Gasteiger partial charge >= 0.3 is 0 Å². The highest BCUT2D eigenvalue weighted by molar-refractivity contribution is 7.99. The molecule has 1 amide bonds. The Morgan fingerprint density at radius 3 is 2.70 bits per heavy atom. The second kappa shape index (κ2) is 10.8. The number of hydrogen-bond acceptors (Lipinski definition) is 7. The van der Waals surface area contributed by atoms with Gasteiger partial charge in [-0.25, -0.2) is 0 Å². The number of methoxy groups -OCH3 is 1. The van der Waals surface area contributed by atoms with Crippen LogP contribution < -0.4 is 10.1 Å². The van der Waals surface area contributed by atoms with Crippen molar-refractivity contribution >= 4 is 23.4 Å². The Morgan fingerprint density at radius 1 is 1.23 bits per heavy atom. The average Bonchev–Trinajstić information content (AvgIpc) is 3.34. The normalized spacial score (nSPS) is 10.9. The molecule has 0 atom stereocenters. The highest BCUT2D eigenvalue weighted by Gasteiger charge is 2.18. The van der Waals surface area contributed by atoms with Crippen LogP contribution in [0.3, 0.4) is 0 Å². The molecule has 1 N–H and O–H groups in total. The van der Waals surface area contributed by atoms with Gasteiger partial charge in [0.2, 0.25) is 5.91 Å². The van der Waals surface area contributed by atoms with E-state index in [-0.39, 0.29) is 11.7 Å². The maximum absolute atomic E-state index is 12.4. The summed E-state index contributed by atoms with van der Waals surface area (Å²) < 4.78 is 18.0. The number of nitrogens with zero attached hydrogens (tertiary/aromatic N) is 3. The number of hydrogen-bond donors (Lipinski definition) is 1. The first-order valence-corrected chi connectivity index (χ1v) is 10.7. The molecule has 0 aliphatic carbocycles. The molecule has 1 aromatic carbocycles. The van der Waals surface area contributed by atoms with Crippen molar-refractivity contribution in [2.45, 2.75) is 32.0 Å². The summed E-state index contributed by atoms with van der Waals surface area (Å²) in [6.45, 7) is 5.74. The Labute approximate surface area is 180 Å². The van der Waals surface area contributed by atoms with E-state index < -0.39 is 0 Å². The minimum Gasteiger partial charge on any atom is -0.494 e. The summed E-state index contributed by atoms with van der Waals surface area (Å²) in [5.74, 6) is 2.39. The second-order valence-electron chi connectivity index (χ2n) is 6.49. The number of thioether (sulfide) groups is 1. The molecule has 8 nitrogen and oxygen atoms in total. The van der Waals surface area contributed by atoms with E-state index >= 15 is 0 Å². The second-order valence-corrected chi connectivity index (χ2v) is 7.43. The van der Waals surface area contributed by atoms with E-state index in [2.05, 4.69) is 15.5 Å². The molecule has 0 bridgehead atoms. The zero-order valence-corrected chi connectivity index (χ0v) is 18.2. The van der Waals surface area contributed by atoms with Gasteiger partial charge < -0.3 is 23.8 Å². The number of carbonyl (C=O) groups is 1. The highest BCUT2D eigenvalue weighted by Crippen LogP contribution is 2.27. The number of anilines is 1. The third kappa shape index (κ3) is 5.64. The molecule has 0 saturated carbocycles. The number of carbonyl (C=O) groups excluding carboxylic acids is 1. The van der Waals surface area contributed by atoms with Crippen LogP contribution in [0.25, 0.3) is 11.4 Å². The van der Waals surface area contributed by atoms with Gasteiger partial charge in [0, 0.05) is 25.9 Å². The van der Waals surface area contributed by atoms with Crippen molar-refractivity contribution in [3.63, 3.8) is 0 Å². The summed E-state index contributed by atoms with van der Waals surface area (Å²) in [5.41, 5.74) is 1.62. The first kappa shape index (κ1) is 21.9. The molecule has 0 aliphatic heterocycles. The van der Waals surface area contributed by atoms with Gasteiger partial charge in [-0.2, -0.15) is 0 Å². The molecular formula is C21H26N4O4S. The van der Waals surface area contributed by atoms with Crippen molar-refractivity contribution in [3.8, 4) is 17.1 Å². The lowest BCUT2D eigenvalue weighted by atomic mass is 10.2. The Morgan fingerprint density at radius 2 is 2.03 bits per heavy atom. The van der Waals surface area contributed by atoms with Gasteiger partial charge in [-0.3, -0.25) is 4.79 Å². The molecular weight excluding hydrogens is 404 g/mol. The zero-order chi connectivity index (χ0) is 21.3. The maximum Gasteiger partial charge on any atom is 0.234 e. The lowest BCUT2D eigenvalue weighted by Crippen LogP contribution is -2.15. The molecule has 3 aromatic rings. The third-order valence-electron chi connectivity index (χ3n) is 4.33. The number of nitrogens with one attached hydrogen (secondary N) is 1. The van der Waals surface area contributed by atoms with Gasteiger partial charge in [-0.05, 0) is 50.6 Å². The summed E-state index contributed by atoms with van der Waals surface area (Å²) >= 11 is 1.35. The van der Waals surface area contributed by atoms with E-state index in [1.54, 1.807) is 13.4 Å². The number of furan rings is 1. The van der Waals surface area contributed by atoms with E-state index in [0.717, 1.165) is 35.0 Å². The van der Waals surface area contributed by atoms with Crippen LogP contribution in [-0.4, -0.2) is 46.7 Å². The van der Waals surface area contributed by atoms with Crippen LogP contribution in [0.2, 0.25) is 0 Å². The summed E-state index contributed by atoms with van der Waals surface area (Å²) in [6, 6.07) is 9.18. The van der Waals surface area contributed by atoms with Crippen molar-refractivity contribution in [3.05, 3.63) is 42.4 Å². The van der Waals surface area contributed by atoms with E-state index in [1.165, 1.54) is 11.8 Å². The number of amides is 1. The Kier molecular flexibility index (Phi) is 7.92. The fourth-order valence-corrected chi connectivity index (χ4v) is 3.67. The van der Waals surface area contributed by atoms with Crippen LogP contribution in [0.4, 0.5) is 5.69 Å². The number of rotatable bonds is 11. The summed E-state index contributed by atoms with van der Waals surface area (Å²) in [7, 11) is 1.67. The number of aromatic nitrogens is 3. The van der Waals surface area contributed by atoms with Crippen molar-refractivity contribution in [2.24, 2.45) is 0 Å². The molecule has 0 aliphatic rings. The topological polar surface area (TPSA) is 91.4 Å². The SMILES string of the molecule is CCOc1ccc(NC(=O)CSc2nnc(-c3ccoc3C)n2CCCOC)cc1. The van der Waals surface area contributed by atoms with E-state index in [0.29, 0.717) is 24.9 Å². The van der Waals surface area contributed by atoms with Crippen molar-refractivity contribution in [1.82, 2.24) is 14.8 Å². The lowest BCUT2D eigenvalue weighted by Gasteiger charge is -2.10. The quantitative estimate of drug-likeness (QED) is 0.363. The van der Waals surface area contributed by atoms with Crippen molar-refractivity contribution < 1.29 is 18.7 Å². The summed E-state index contributed by atoms with van der Waals surface area (Å²) in [5, 5.41) is 12.2. The Balaban J connectivity index is 1.65. The van der Waals surface area contributed by atoms with Crippen LogP contribution in [0.15, 0.2) is 46.2 Å². The predicted octanol–water partition coefficient (Wildman–Crippen LogP) is 4.01. The monoisotopic (exact) mass is 430 g/mol. The highest BCUT2D eigenvalue weighted by atomic mass is 32.2. The molecule has 0 spiro atoms. The van der Waals surface area contributed by atoms with Gasteiger partial charge in [0.1, 0.15) is 11.5 Å². The number of ether oxygens (including phenoxy) is 2. The van der Waals surface area contributed by atoms with Gasteiger partial charge in [-0.15, -0.1) is 10.2 Å². The molecule has 0 unspecified atom stereocenters. The lowest BCUT2D eigenvalue weighted by molar-refractivity contribution is -0.113. The van der Waals surface area contributed by atoms with E-state index in [9.17, 15) is 4.79 Å². The van der Waals surface area contributed by atoms with Crippen LogP contribution in [-0.2, 0) is 16.1 Å². The van der Waals surface area contributed by atoms with Crippen LogP contribution in [0.5, 0.6) is 5.75 Å². The first-order chi connectivity index (χ1) is 14.6. The molecule has 2 heterocycles. The summed E-state index contributed by atoms with van der Waals surface area (Å²) in [6.07, 6.45) is 2.44. The number of aryl methyl sites for hydroxylation is 1. The Bertz CT molecular complexity index is 952. The minimum absolute atomic E-state index is 0.114. The molecule has 0 fully saturated rings.